The minimum absolute atomic E-state index is 0.725. The zero-order valence-electron chi connectivity index (χ0n) is 17.5. The summed E-state index contributed by atoms with van der Waals surface area (Å²) in [5.74, 6) is 3.05. The summed E-state index contributed by atoms with van der Waals surface area (Å²) in [6.45, 7) is 0. The Morgan fingerprint density at radius 2 is 0.906 bits per heavy atom. The second kappa shape index (κ2) is 9.23. The Kier molecular flexibility index (Phi) is 5.67. The summed E-state index contributed by atoms with van der Waals surface area (Å²) >= 11 is 0. The SMILES string of the molecule is c1ccc(Oc2cccc(Oc3ccc(-c4ccccc4)cc3-c3ccccc3)c2)cc1. The van der Waals surface area contributed by atoms with Gasteiger partial charge in [-0.05, 0) is 53.1 Å². The molecule has 5 rings (SSSR count). The molecule has 0 aliphatic rings. The summed E-state index contributed by atoms with van der Waals surface area (Å²) in [7, 11) is 0. The summed E-state index contributed by atoms with van der Waals surface area (Å²) in [4.78, 5) is 0. The number of ether oxygens (including phenoxy) is 2. The average molecular weight is 415 g/mol. The van der Waals surface area contributed by atoms with Gasteiger partial charge in [0.05, 0.1) is 0 Å². The predicted molar refractivity (Wildman–Crippen MR) is 130 cm³/mol. The molecule has 2 nitrogen and oxygen atoms in total. The Balaban J connectivity index is 1.49. The molecule has 5 aromatic rings. The fraction of sp³-hybridized carbons (Fsp3) is 0. The molecule has 0 radical (unpaired) electrons. The van der Waals surface area contributed by atoms with Crippen LogP contribution in [0, 0.1) is 0 Å². The first-order chi connectivity index (χ1) is 15.8. The van der Waals surface area contributed by atoms with Gasteiger partial charge in [-0.25, -0.2) is 0 Å². The van der Waals surface area contributed by atoms with Gasteiger partial charge in [-0.1, -0.05) is 91.0 Å². The number of para-hydroxylation sites is 1. The predicted octanol–water partition coefficient (Wildman–Crippen LogP) is 8.61. The fourth-order valence-electron chi connectivity index (χ4n) is 3.63. The topological polar surface area (TPSA) is 18.5 Å². The Bertz CT molecular complexity index is 1300. The van der Waals surface area contributed by atoms with E-state index in [0.29, 0.717) is 0 Å². The molecule has 0 spiro atoms. The third-order valence-electron chi connectivity index (χ3n) is 5.18. The fourth-order valence-corrected chi connectivity index (χ4v) is 3.63. The highest BCUT2D eigenvalue weighted by Crippen LogP contribution is 2.37. The second-order valence-corrected chi connectivity index (χ2v) is 7.44. The number of hydrogen-bond donors (Lipinski definition) is 0. The van der Waals surface area contributed by atoms with Crippen molar-refractivity contribution in [2.75, 3.05) is 0 Å². The van der Waals surface area contributed by atoms with Crippen molar-refractivity contribution in [2.45, 2.75) is 0 Å². The smallest absolute Gasteiger partial charge is 0.135 e. The van der Waals surface area contributed by atoms with E-state index in [2.05, 4.69) is 48.5 Å². The van der Waals surface area contributed by atoms with Crippen LogP contribution in [0.5, 0.6) is 23.0 Å². The zero-order chi connectivity index (χ0) is 21.6. The summed E-state index contributed by atoms with van der Waals surface area (Å²) in [5.41, 5.74) is 4.48. The molecular weight excluding hydrogens is 392 g/mol. The number of benzene rings is 5. The lowest BCUT2D eigenvalue weighted by molar-refractivity contribution is 0.461. The first-order valence-electron chi connectivity index (χ1n) is 10.6. The molecule has 0 aliphatic heterocycles. The van der Waals surface area contributed by atoms with E-state index in [4.69, 9.17) is 9.47 Å². The molecule has 2 heteroatoms. The maximum atomic E-state index is 6.35. The molecule has 0 aromatic heterocycles. The highest BCUT2D eigenvalue weighted by atomic mass is 16.5. The van der Waals surface area contributed by atoms with Gasteiger partial charge in [0.25, 0.3) is 0 Å². The van der Waals surface area contributed by atoms with Gasteiger partial charge in [0.1, 0.15) is 23.0 Å². The first kappa shape index (κ1) is 19.7. The van der Waals surface area contributed by atoms with Crippen LogP contribution in [0.15, 0.2) is 133 Å². The van der Waals surface area contributed by atoms with Gasteiger partial charge in [-0.3, -0.25) is 0 Å². The summed E-state index contributed by atoms with van der Waals surface area (Å²) in [5, 5.41) is 0. The van der Waals surface area contributed by atoms with Gasteiger partial charge in [0.2, 0.25) is 0 Å². The molecule has 0 fully saturated rings. The molecule has 0 unspecified atom stereocenters. The molecule has 0 saturated heterocycles. The molecule has 0 heterocycles. The number of hydrogen-bond acceptors (Lipinski definition) is 2. The van der Waals surface area contributed by atoms with Crippen molar-refractivity contribution in [3.8, 4) is 45.3 Å². The van der Waals surface area contributed by atoms with Crippen molar-refractivity contribution >= 4 is 0 Å². The van der Waals surface area contributed by atoms with E-state index in [1.54, 1.807) is 0 Å². The lowest BCUT2D eigenvalue weighted by Gasteiger charge is -2.14. The Morgan fingerprint density at radius 1 is 0.344 bits per heavy atom. The molecule has 5 aromatic carbocycles. The quantitative estimate of drug-likeness (QED) is 0.277. The maximum absolute atomic E-state index is 6.35. The van der Waals surface area contributed by atoms with Crippen LogP contribution in [0.3, 0.4) is 0 Å². The monoisotopic (exact) mass is 414 g/mol. The molecule has 0 atom stereocenters. The van der Waals surface area contributed by atoms with E-state index in [-0.39, 0.29) is 0 Å². The van der Waals surface area contributed by atoms with Gasteiger partial charge < -0.3 is 9.47 Å². The molecule has 0 saturated carbocycles. The standard InChI is InChI=1S/C30H22O2/c1-4-11-23(12-5-1)25-19-20-30(29(21-25)24-13-6-2-7-14-24)32-28-18-10-17-27(22-28)31-26-15-8-3-9-16-26/h1-22H. The maximum Gasteiger partial charge on any atom is 0.135 e. The van der Waals surface area contributed by atoms with Crippen LogP contribution in [-0.2, 0) is 0 Å². The first-order valence-corrected chi connectivity index (χ1v) is 10.6. The molecule has 0 aliphatic carbocycles. The van der Waals surface area contributed by atoms with Crippen molar-refractivity contribution in [3.63, 3.8) is 0 Å². The van der Waals surface area contributed by atoms with Crippen LogP contribution in [0.1, 0.15) is 0 Å². The highest BCUT2D eigenvalue weighted by Gasteiger charge is 2.11. The largest absolute Gasteiger partial charge is 0.457 e. The van der Waals surface area contributed by atoms with E-state index in [9.17, 15) is 0 Å². The van der Waals surface area contributed by atoms with Crippen molar-refractivity contribution in [1.82, 2.24) is 0 Å². The van der Waals surface area contributed by atoms with Crippen LogP contribution in [0.4, 0.5) is 0 Å². The van der Waals surface area contributed by atoms with E-state index in [0.717, 1.165) is 39.7 Å². The van der Waals surface area contributed by atoms with E-state index < -0.39 is 0 Å². The highest BCUT2D eigenvalue weighted by molar-refractivity contribution is 5.78. The molecule has 0 amide bonds. The summed E-state index contributed by atoms with van der Waals surface area (Å²) in [6, 6.07) is 44.5. The normalized spacial score (nSPS) is 10.5. The second-order valence-electron chi connectivity index (χ2n) is 7.44. The Morgan fingerprint density at radius 3 is 1.59 bits per heavy atom. The average Bonchev–Trinajstić information content (AvgIpc) is 2.86. The minimum Gasteiger partial charge on any atom is -0.457 e. The van der Waals surface area contributed by atoms with Gasteiger partial charge in [0.15, 0.2) is 0 Å². The van der Waals surface area contributed by atoms with Crippen molar-refractivity contribution in [2.24, 2.45) is 0 Å². The van der Waals surface area contributed by atoms with Crippen LogP contribution < -0.4 is 9.47 Å². The summed E-state index contributed by atoms with van der Waals surface area (Å²) in [6.07, 6.45) is 0. The minimum atomic E-state index is 0.725. The molecule has 0 N–H and O–H groups in total. The third kappa shape index (κ3) is 4.55. The van der Waals surface area contributed by atoms with Crippen LogP contribution in [0.25, 0.3) is 22.3 Å². The lowest BCUT2D eigenvalue weighted by atomic mass is 9.98. The van der Waals surface area contributed by atoms with E-state index >= 15 is 0 Å². The van der Waals surface area contributed by atoms with Crippen LogP contribution in [-0.4, -0.2) is 0 Å². The van der Waals surface area contributed by atoms with Gasteiger partial charge in [-0.2, -0.15) is 0 Å². The van der Waals surface area contributed by atoms with Crippen LogP contribution >= 0.6 is 0 Å². The van der Waals surface area contributed by atoms with Crippen molar-refractivity contribution in [3.05, 3.63) is 133 Å². The van der Waals surface area contributed by atoms with Gasteiger partial charge in [0, 0.05) is 11.6 Å². The van der Waals surface area contributed by atoms with Crippen LogP contribution in [0.2, 0.25) is 0 Å². The van der Waals surface area contributed by atoms with Gasteiger partial charge in [-0.15, -0.1) is 0 Å². The lowest BCUT2D eigenvalue weighted by Crippen LogP contribution is -1.91. The molecule has 32 heavy (non-hydrogen) atoms. The Labute approximate surface area is 188 Å². The molecule has 0 bridgehead atoms. The number of rotatable bonds is 6. The van der Waals surface area contributed by atoms with Crippen molar-refractivity contribution in [1.29, 1.82) is 0 Å². The van der Waals surface area contributed by atoms with E-state index in [1.165, 1.54) is 5.56 Å². The zero-order valence-corrected chi connectivity index (χ0v) is 17.5. The molecular formula is C30H22O2. The Hall–Kier alpha value is -4.30. The van der Waals surface area contributed by atoms with Gasteiger partial charge >= 0.3 is 0 Å². The van der Waals surface area contributed by atoms with Crippen molar-refractivity contribution < 1.29 is 9.47 Å². The third-order valence-corrected chi connectivity index (χ3v) is 5.18. The molecule has 154 valence electrons. The van der Waals surface area contributed by atoms with E-state index in [1.807, 2.05) is 84.9 Å². The summed E-state index contributed by atoms with van der Waals surface area (Å²) < 4.78 is 12.3.